The molecule has 8 heteroatoms. The zero-order chi connectivity index (χ0) is 23.4. The third kappa shape index (κ3) is 3.33. The van der Waals surface area contributed by atoms with Crippen LogP contribution < -0.4 is 20.1 Å². The van der Waals surface area contributed by atoms with Crippen LogP contribution in [0.2, 0.25) is 0 Å². The first-order chi connectivity index (χ1) is 15.8. The van der Waals surface area contributed by atoms with Gasteiger partial charge in [0.25, 0.3) is 5.56 Å². The van der Waals surface area contributed by atoms with Gasteiger partial charge in [0.2, 0.25) is 0 Å². The number of anilines is 3. The molecule has 2 aromatic carbocycles. The summed E-state index contributed by atoms with van der Waals surface area (Å²) in [5.74, 6) is 0.335. The summed E-state index contributed by atoms with van der Waals surface area (Å²) in [5.41, 5.74) is 5.22. The van der Waals surface area contributed by atoms with Crippen LogP contribution in [0.25, 0.3) is 22.0 Å². The van der Waals surface area contributed by atoms with Gasteiger partial charge in [0.05, 0.1) is 35.9 Å². The molecule has 7 nitrogen and oxygen atoms in total. The number of pyridine rings is 1. The highest BCUT2D eigenvalue weighted by Gasteiger charge is 2.26. The first-order valence-electron chi connectivity index (χ1n) is 10.8. The fourth-order valence-corrected chi connectivity index (χ4v) is 4.61. The second-order valence-corrected chi connectivity index (χ2v) is 8.57. The van der Waals surface area contributed by atoms with Crippen LogP contribution in [0.15, 0.2) is 47.5 Å². The van der Waals surface area contributed by atoms with Crippen molar-refractivity contribution in [2.45, 2.75) is 6.92 Å². The van der Waals surface area contributed by atoms with E-state index in [-0.39, 0.29) is 11.4 Å². The fraction of sp³-hybridized carbons (Fsp3) is 0.280. The van der Waals surface area contributed by atoms with Gasteiger partial charge in [-0.3, -0.25) is 9.48 Å². The average Bonchev–Trinajstić information content (AvgIpc) is 3.23. The Morgan fingerprint density at radius 3 is 2.48 bits per heavy atom. The predicted octanol–water partition coefficient (Wildman–Crippen LogP) is 3.98. The Balaban J connectivity index is 1.75. The van der Waals surface area contributed by atoms with Gasteiger partial charge in [-0.1, -0.05) is 0 Å². The number of halogens is 1. The maximum Gasteiger partial charge on any atom is 0.253 e. The van der Waals surface area contributed by atoms with Gasteiger partial charge >= 0.3 is 0 Å². The highest BCUT2D eigenvalue weighted by Crippen LogP contribution is 2.44. The molecule has 33 heavy (non-hydrogen) atoms. The number of fused-ring (bicyclic) bond motifs is 2. The van der Waals surface area contributed by atoms with Gasteiger partial charge in [0.1, 0.15) is 11.6 Å². The molecule has 0 fully saturated rings. The zero-order valence-corrected chi connectivity index (χ0v) is 19.4. The minimum Gasteiger partial charge on any atom is -0.497 e. The average molecular weight is 448 g/mol. The summed E-state index contributed by atoms with van der Waals surface area (Å²) < 4.78 is 24.2. The molecule has 3 heterocycles. The van der Waals surface area contributed by atoms with Crippen molar-refractivity contribution in [2.75, 3.05) is 37.0 Å². The van der Waals surface area contributed by atoms with Crippen molar-refractivity contribution in [1.29, 1.82) is 0 Å². The molecule has 0 amide bonds. The Hall–Kier alpha value is -3.81. The number of likely N-dealkylation sites (N-methyl/N-ethyl adjacent to an activating group) is 1. The van der Waals surface area contributed by atoms with E-state index in [4.69, 9.17) is 4.74 Å². The van der Waals surface area contributed by atoms with Crippen LogP contribution in [-0.4, -0.2) is 41.6 Å². The van der Waals surface area contributed by atoms with Crippen molar-refractivity contribution in [2.24, 2.45) is 14.1 Å². The van der Waals surface area contributed by atoms with Gasteiger partial charge in [-0.15, -0.1) is 0 Å². The molecule has 2 aromatic heterocycles. The third-order valence-electron chi connectivity index (χ3n) is 6.44. The number of aryl methyl sites for hydroxylation is 3. The highest BCUT2D eigenvalue weighted by atomic mass is 19.1. The van der Waals surface area contributed by atoms with Crippen LogP contribution in [0.4, 0.5) is 21.5 Å². The number of methoxy groups -OCH3 is 1. The zero-order valence-electron chi connectivity index (χ0n) is 19.4. The van der Waals surface area contributed by atoms with E-state index in [0.29, 0.717) is 23.4 Å². The molecule has 1 aliphatic heterocycles. The van der Waals surface area contributed by atoms with Crippen LogP contribution in [0.1, 0.15) is 5.56 Å². The topological polar surface area (TPSA) is 55.5 Å². The van der Waals surface area contributed by atoms with Gasteiger partial charge in [-0.25, -0.2) is 4.39 Å². The number of hydrogen-bond acceptors (Lipinski definition) is 5. The summed E-state index contributed by atoms with van der Waals surface area (Å²) in [6.45, 7) is 3.24. The third-order valence-corrected chi connectivity index (χ3v) is 6.44. The Kier molecular flexibility index (Phi) is 4.88. The van der Waals surface area contributed by atoms with Crippen molar-refractivity contribution in [1.82, 2.24) is 14.3 Å². The van der Waals surface area contributed by atoms with E-state index in [1.165, 1.54) is 0 Å². The van der Waals surface area contributed by atoms with E-state index in [1.54, 1.807) is 35.7 Å². The molecule has 0 atom stereocenters. The van der Waals surface area contributed by atoms with Gasteiger partial charge in [-0.05, 0) is 19.1 Å². The lowest BCUT2D eigenvalue weighted by Gasteiger charge is -2.38. The summed E-state index contributed by atoms with van der Waals surface area (Å²) in [7, 11) is 7.20. The molecule has 4 aromatic rings. The molecular formula is C25H26FN5O2. The van der Waals surface area contributed by atoms with Crippen LogP contribution in [0.3, 0.4) is 0 Å². The SMILES string of the molecule is COc1cc(N2CCN(C)c3cc(-c4cnn(C)c4)c(F)cc32)c2cc(C)c(=O)n(C)c2c1. The normalized spacial score (nSPS) is 13.5. The summed E-state index contributed by atoms with van der Waals surface area (Å²) in [6, 6.07) is 9.20. The Labute approximate surface area is 191 Å². The first kappa shape index (κ1) is 21.1. The molecule has 0 unspecified atom stereocenters. The number of rotatable bonds is 3. The van der Waals surface area contributed by atoms with Crippen molar-refractivity contribution in [3.8, 4) is 16.9 Å². The minimum atomic E-state index is -0.308. The first-order valence-corrected chi connectivity index (χ1v) is 10.8. The van der Waals surface area contributed by atoms with E-state index in [2.05, 4.69) is 14.9 Å². The van der Waals surface area contributed by atoms with Crippen LogP contribution in [0.5, 0.6) is 5.75 Å². The van der Waals surface area contributed by atoms with Gasteiger partial charge in [0, 0.05) is 80.7 Å². The summed E-state index contributed by atoms with van der Waals surface area (Å²) in [5, 5.41) is 5.11. The summed E-state index contributed by atoms with van der Waals surface area (Å²) >= 11 is 0. The summed E-state index contributed by atoms with van der Waals surface area (Å²) in [6.07, 6.45) is 3.48. The van der Waals surface area contributed by atoms with E-state index < -0.39 is 0 Å². The molecule has 0 aliphatic carbocycles. The molecule has 170 valence electrons. The molecule has 1 aliphatic rings. The smallest absolute Gasteiger partial charge is 0.253 e. The maximum absolute atomic E-state index is 15.4. The van der Waals surface area contributed by atoms with Crippen molar-refractivity contribution in [3.05, 3.63) is 64.5 Å². The lowest BCUT2D eigenvalue weighted by molar-refractivity contribution is 0.415. The molecular weight excluding hydrogens is 421 g/mol. The van der Waals surface area contributed by atoms with Gasteiger partial charge in [0.15, 0.2) is 0 Å². The molecule has 0 saturated heterocycles. The lowest BCUT2D eigenvalue weighted by atomic mass is 10.0. The molecule has 0 saturated carbocycles. The molecule has 5 rings (SSSR count). The second-order valence-electron chi connectivity index (χ2n) is 8.57. The molecule has 0 bridgehead atoms. The highest BCUT2D eigenvalue weighted by molar-refractivity contribution is 5.98. The Morgan fingerprint density at radius 2 is 1.79 bits per heavy atom. The molecule has 0 N–H and O–H groups in total. The number of hydrogen-bond donors (Lipinski definition) is 0. The standard InChI is InChI=1S/C25H26FN5O2/c1-15-8-19-21(30(4)25(15)32)9-17(33-5)10-22(19)31-7-6-28(2)23-11-18(20(26)12-24(23)31)16-13-27-29(3)14-16/h8-14H,6-7H2,1-5H3. The Bertz CT molecular complexity index is 1460. The van der Waals surface area contributed by atoms with E-state index in [0.717, 1.165) is 40.1 Å². The lowest BCUT2D eigenvalue weighted by Crippen LogP contribution is -2.37. The predicted molar refractivity (Wildman–Crippen MR) is 129 cm³/mol. The fourth-order valence-electron chi connectivity index (χ4n) is 4.61. The number of nitrogens with zero attached hydrogens (tertiary/aromatic N) is 5. The largest absolute Gasteiger partial charge is 0.497 e. The Morgan fingerprint density at radius 1 is 1.00 bits per heavy atom. The number of ether oxygens (including phenoxy) is 1. The number of benzene rings is 2. The quantitative estimate of drug-likeness (QED) is 0.476. The van der Waals surface area contributed by atoms with Crippen molar-refractivity contribution < 1.29 is 9.13 Å². The number of aromatic nitrogens is 3. The van der Waals surface area contributed by atoms with Crippen molar-refractivity contribution in [3.63, 3.8) is 0 Å². The van der Waals surface area contributed by atoms with E-state index >= 15 is 4.39 Å². The van der Waals surface area contributed by atoms with Crippen LogP contribution >= 0.6 is 0 Å². The maximum atomic E-state index is 15.4. The minimum absolute atomic E-state index is 0.0485. The van der Waals surface area contributed by atoms with Crippen molar-refractivity contribution >= 4 is 28.0 Å². The van der Waals surface area contributed by atoms with Crippen LogP contribution in [0, 0.1) is 12.7 Å². The molecule has 0 radical (unpaired) electrons. The van der Waals surface area contributed by atoms with Crippen LogP contribution in [-0.2, 0) is 14.1 Å². The monoisotopic (exact) mass is 447 g/mol. The van der Waals surface area contributed by atoms with E-state index in [9.17, 15) is 4.79 Å². The van der Waals surface area contributed by atoms with E-state index in [1.807, 2.05) is 51.5 Å². The second kappa shape index (κ2) is 7.65. The van der Waals surface area contributed by atoms with Gasteiger partial charge < -0.3 is 19.1 Å². The summed E-state index contributed by atoms with van der Waals surface area (Å²) in [4.78, 5) is 16.8. The van der Waals surface area contributed by atoms with Gasteiger partial charge in [-0.2, -0.15) is 5.10 Å². The molecule has 0 spiro atoms.